The summed E-state index contributed by atoms with van der Waals surface area (Å²) in [6.07, 6.45) is 2.11. The number of ether oxygens (including phenoxy) is 3. The van der Waals surface area contributed by atoms with Gasteiger partial charge in [0.25, 0.3) is 0 Å². The first kappa shape index (κ1) is 11.8. The molecule has 18 heavy (non-hydrogen) atoms. The number of fused-ring (bicyclic) bond motifs is 3. The van der Waals surface area contributed by atoms with Crippen LogP contribution in [0.25, 0.3) is 0 Å². The summed E-state index contributed by atoms with van der Waals surface area (Å²) in [6.45, 7) is 2.65. The average molecular weight is 249 g/mol. The zero-order valence-corrected chi connectivity index (χ0v) is 10.9. The lowest BCUT2D eigenvalue weighted by molar-refractivity contribution is -0.0525. The maximum absolute atomic E-state index is 5.53. The van der Waals surface area contributed by atoms with Gasteiger partial charge in [0.05, 0.1) is 27.6 Å². The smallest absolute Gasteiger partial charge is 0.161 e. The molecule has 2 heterocycles. The van der Waals surface area contributed by atoms with E-state index >= 15 is 0 Å². The molecule has 1 fully saturated rings. The Morgan fingerprint density at radius 1 is 1.22 bits per heavy atom. The molecule has 4 heteroatoms. The third kappa shape index (κ3) is 1.85. The van der Waals surface area contributed by atoms with Gasteiger partial charge in [0.2, 0.25) is 0 Å². The highest BCUT2D eigenvalue weighted by Crippen LogP contribution is 2.40. The second-order valence-electron chi connectivity index (χ2n) is 4.81. The Kier molecular flexibility index (Phi) is 3.14. The first-order valence-electron chi connectivity index (χ1n) is 6.40. The van der Waals surface area contributed by atoms with Crippen molar-refractivity contribution < 1.29 is 14.2 Å². The molecule has 1 saturated heterocycles. The molecule has 0 bridgehead atoms. The van der Waals surface area contributed by atoms with Crippen LogP contribution in [0.15, 0.2) is 12.1 Å². The summed E-state index contributed by atoms with van der Waals surface area (Å²) < 4.78 is 16.3. The van der Waals surface area contributed by atoms with E-state index in [4.69, 9.17) is 14.2 Å². The van der Waals surface area contributed by atoms with Gasteiger partial charge in [-0.1, -0.05) is 0 Å². The van der Waals surface area contributed by atoms with Crippen LogP contribution >= 0.6 is 0 Å². The molecular weight excluding hydrogens is 230 g/mol. The quantitative estimate of drug-likeness (QED) is 0.802. The van der Waals surface area contributed by atoms with Gasteiger partial charge >= 0.3 is 0 Å². The van der Waals surface area contributed by atoms with E-state index in [0.717, 1.165) is 44.2 Å². The van der Waals surface area contributed by atoms with Crippen molar-refractivity contribution in [1.82, 2.24) is 4.90 Å². The van der Waals surface area contributed by atoms with Crippen LogP contribution in [0, 0.1) is 0 Å². The molecular formula is C14H19NO3. The minimum Gasteiger partial charge on any atom is -0.493 e. The Morgan fingerprint density at radius 3 is 2.78 bits per heavy atom. The summed E-state index contributed by atoms with van der Waals surface area (Å²) >= 11 is 0. The zero-order chi connectivity index (χ0) is 12.5. The summed E-state index contributed by atoms with van der Waals surface area (Å²) in [6, 6.07) is 4.74. The van der Waals surface area contributed by atoms with Crippen LogP contribution in [-0.2, 0) is 11.2 Å². The van der Waals surface area contributed by atoms with Crippen molar-refractivity contribution in [2.75, 3.05) is 34.1 Å². The van der Waals surface area contributed by atoms with E-state index in [9.17, 15) is 0 Å². The van der Waals surface area contributed by atoms with Crippen molar-refractivity contribution in [3.8, 4) is 11.5 Å². The van der Waals surface area contributed by atoms with E-state index in [2.05, 4.69) is 17.0 Å². The summed E-state index contributed by atoms with van der Waals surface area (Å²) in [5.41, 5.74) is 2.76. The zero-order valence-electron chi connectivity index (χ0n) is 10.9. The van der Waals surface area contributed by atoms with Gasteiger partial charge in [-0.2, -0.15) is 0 Å². The van der Waals surface area contributed by atoms with E-state index in [1.807, 2.05) is 0 Å². The largest absolute Gasteiger partial charge is 0.493 e. The maximum atomic E-state index is 5.53. The number of hydrogen-bond donors (Lipinski definition) is 0. The van der Waals surface area contributed by atoms with Gasteiger partial charge in [0.15, 0.2) is 11.5 Å². The molecule has 0 amide bonds. The van der Waals surface area contributed by atoms with E-state index in [-0.39, 0.29) is 0 Å². The average Bonchev–Trinajstić information content (AvgIpc) is 2.45. The Balaban J connectivity index is 2.02. The van der Waals surface area contributed by atoms with E-state index in [0.29, 0.717) is 6.04 Å². The molecule has 0 spiro atoms. The van der Waals surface area contributed by atoms with E-state index < -0.39 is 0 Å². The SMILES string of the molecule is COc1cc2c(cc1OC)C1CCOCN1CC2. The van der Waals surface area contributed by atoms with Gasteiger partial charge in [0.1, 0.15) is 0 Å². The molecule has 1 unspecified atom stereocenters. The van der Waals surface area contributed by atoms with Gasteiger partial charge in [0, 0.05) is 12.6 Å². The molecule has 0 N–H and O–H groups in total. The number of rotatable bonds is 2. The van der Waals surface area contributed by atoms with Gasteiger partial charge in [-0.25, -0.2) is 0 Å². The van der Waals surface area contributed by atoms with Crippen LogP contribution < -0.4 is 9.47 Å². The van der Waals surface area contributed by atoms with E-state index in [1.165, 1.54) is 11.1 Å². The maximum Gasteiger partial charge on any atom is 0.161 e. The topological polar surface area (TPSA) is 30.9 Å². The molecule has 1 atom stereocenters. The summed E-state index contributed by atoms with van der Waals surface area (Å²) in [5.74, 6) is 1.65. The summed E-state index contributed by atoms with van der Waals surface area (Å²) in [4.78, 5) is 2.40. The Bertz CT molecular complexity index is 447. The van der Waals surface area contributed by atoms with Gasteiger partial charge in [-0.3, -0.25) is 4.90 Å². The molecule has 98 valence electrons. The molecule has 1 aromatic rings. The van der Waals surface area contributed by atoms with Crippen molar-refractivity contribution in [2.24, 2.45) is 0 Å². The lowest BCUT2D eigenvalue weighted by atomic mass is 9.90. The van der Waals surface area contributed by atoms with E-state index in [1.54, 1.807) is 14.2 Å². The number of methoxy groups -OCH3 is 2. The van der Waals surface area contributed by atoms with Gasteiger partial charge in [-0.15, -0.1) is 0 Å². The van der Waals surface area contributed by atoms with Crippen LogP contribution in [0.5, 0.6) is 11.5 Å². The Hall–Kier alpha value is -1.26. The highest BCUT2D eigenvalue weighted by atomic mass is 16.5. The van der Waals surface area contributed by atoms with Gasteiger partial charge in [-0.05, 0) is 36.1 Å². The third-order valence-corrected chi connectivity index (χ3v) is 3.91. The lowest BCUT2D eigenvalue weighted by Crippen LogP contribution is -2.41. The van der Waals surface area contributed by atoms with Crippen molar-refractivity contribution >= 4 is 0 Å². The number of nitrogens with zero attached hydrogens (tertiary/aromatic N) is 1. The van der Waals surface area contributed by atoms with Crippen LogP contribution in [-0.4, -0.2) is 39.0 Å². The predicted octanol–water partition coefficient (Wildman–Crippen LogP) is 1.98. The molecule has 3 rings (SSSR count). The summed E-state index contributed by atoms with van der Waals surface area (Å²) in [5, 5.41) is 0. The lowest BCUT2D eigenvalue weighted by Gasteiger charge is -2.40. The molecule has 0 saturated carbocycles. The molecule has 0 radical (unpaired) electrons. The fourth-order valence-corrected chi connectivity index (χ4v) is 2.95. The molecule has 4 nitrogen and oxygen atoms in total. The first-order chi connectivity index (χ1) is 8.83. The number of hydrogen-bond acceptors (Lipinski definition) is 4. The van der Waals surface area contributed by atoms with Crippen LogP contribution in [0.2, 0.25) is 0 Å². The minimum absolute atomic E-state index is 0.474. The Morgan fingerprint density at radius 2 is 2.00 bits per heavy atom. The third-order valence-electron chi connectivity index (χ3n) is 3.91. The molecule has 0 aromatic heterocycles. The van der Waals surface area contributed by atoms with Crippen LogP contribution in [0.1, 0.15) is 23.6 Å². The Labute approximate surface area is 107 Å². The van der Waals surface area contributed by atoms with Gasteiger partial charge < -0.3 is 14.2 Å². The first-order valence-corrected chi connectivity index (χ1v) is 6.40. The fraction of sp³-hybridized carbons (Fsp3) is 0.571. The van der Waals surface area contributed by atoms with Crippen molar-refractivity contribution in [3.05, 3.63) is 23.3 Å². The van der Waals surface area contributed by atoms with Crippen molar-refractivity contribution in [3.63, 3.8) is 0 Å². The van der Waals surface area contributed by atoms with Crippen LogP contribution in [0.4, 0.5) is 0 Å². The second kappa shape index (κ2) is 4.78. The highest BCUT2D eigenvalue weighted by Gasteiger charge is 2.31. The number of benzene rings is 1. The highest BCUT2D eigenvalue weighted by molar-refractivity contribution is 5.49. The molecule has 1 aromatic carbocycles. The molecule has 2 aliphatic rings. The predicted molar refractivity (Wildman–Crippen MR) is 68.1 cm³/mol. The standard InChI is InChI=1S/C14H19NO3/c1-16-13-7-10-3-5-15-9-18-6-4-12(15)11(10)8-14(13)17-2/h7-8,12H,3-6,9H2,1-2H3. The normalized spacial score (nSPS) is 23.1. The second-order valence-corrected chi connectivity index (χ2v) is 4.81. The fourth-order valence-electron chi connectivity index (χ4n) is 2.95. The molecule has 0 aliphatic carbocycles. The van der Waals surface area contributed by atoms with Crippen LogP contribution in [0.3, 0.4) is 0 Å². The minimum atomic E-state index is 0.474. The van der Waals surface area contributed by atoms with Crippen molar-refractivity contribution in [2.45, 2.75) is 18.9 Å². The monoisotopic (exact) mass is 249 g/mol. The summed E-state index contributed by atoms with van der Waals surface area (Å²) in [7, 11) is 3.38. The van der Waals surface area contributed by atoms with Crippen molar-refractivity contribution in [1.29, 1.82) is 0 Å². The molecule has 2 aliphatic heterocycles.